The Kier molecular flexibility index (Phi) is 5.37. The summed E-state index contributed by atoms with van der Waals surface area (Å²) in [7, 11) is 0. The number of rotatable bonds is 4. The van der Waals surface area contributed by atoms with E-state index < -0.39 is 17.7 Å². The van der Waals surface area contributed by atoms with Gasteiger partial charge in [-0.05, 0) is 42.5 Å². The van der Waals surface area contributed by atoms with Crippen molar-refractivity contribution in [2.75, 3.05) is 10.6 Å². The first-order valence-electron chi connectivity index (χ1n) is 8.34. The fourth-order valence-corrected chi connectivity index (χ4v) is 2.61. The second-order valence-corrected chi connectivity index (χ2v) is 6.86. The summed E-state index contributed by atoms with van der Waals surface area (Å²) < 4.78 is 10.0. The van der Waals surface area contributed by atoms with Crippen LogP contribution in [0.4, 0.5) is 11.4 Å². The molecule has 3 rings (SSSR count). The molecule has 7 nitrogen and oxygen atoms in total. The maximum Gasteiger partial charge on any atom is 0.350 e. The number of benzene rings is 2. The highest BCUT2D eigenvalue weighted by Crippen LogP contribution is 2.23. The highest BCUT2D eigenvalue weighted by atomic mass is 35.5. The lowest BCUT2D eigenvalue weighted by atomic mass is 10.2. The molecule has 0 atom stereocenters. The SMILES string of the molecule is CC1(C)OC(=O)C(=CNc2ccc(C(=O)Nc3cccc(Cl)c3)cc2)C(=O)O1. The number of carbonyl (C=O) groups excluding carboxylic acids is 3. The van der Waals surface area contributed by atoms with Crippen molar-refractivity contribution >= 4 is 40.8 Å². The van der Waals surface area contributed by atoms with Crippen molar-refractivity contribution in [2.24, 2.45) is 0 Å². The molecule has 0 aliphatic carbocycles. The number of carbonyl (C=O) groups is 3. The molecule has 2 aromatic rings. The molecular formula is C20H17ClN2O5. The molecule has 8 heteroatoms. The van der Waals surface area contributed by atoms with Gasteiger partial charge in [-0.1, -0.05) is 17.7 Å². The minimum atomic E-state index is -1.29. The second kappa shape index (κ2) is 7.74. The van der Waals surface area contributed by atoms with Crippen LogP contribution in [0, 0.1) is 0 Å². The minimum Gasteiger partial charge on any atom is -0.419 e. The Morgan fingerprint density at radius 3 is 2.25 bits per heavy atom. The molecule has 0 bridgehead atoms. The molecule has 2 aromatic carbocycles. The van der Waals surface area contributed by atoms with E-state index in [2.05, 4.69) is 10.6 Å². The van der Waals surface area contributed by atoms with Gasteiger partial charge in [-0.15, -0.1) is 0 Å². The zero-order chi connectivity index (χ0) is 20.3. The predicted molar refractivity (Wildman–Crippen MR) is 104 cm³/mol. The number of halogens is 1. The zero-order valence-corrected chi connectivity index (χ0v) is 15.9. The van der Waals surface area contributed by atoms with Gasteiger partial charge in [-0.25, -0.2) is 9.59 Å². The van der Waals surface area contributed by atoms with Gasteiger partial charge in [0.25, 0.3) is 11.7 Å². The Hall–Kier alpha value is -3.32. The van der Waals surface area contributed by atoms with E-state index in [4.69, 9.17) is 21.1 Å². The van der Waals surface area contributed by atoms with E-state index in [-0.39, 0.29) is 11.5 Å². The van der Waals surface area contributed by atoms with Crippen LogP contribution in [0.1, 0.15) is 24.2 Å². The molecule has 0 radical (unpaired) electrons. The molecule has 0 saturated carbocycles. The molecule has 2 N–H and O–H groups in total. The van der Waals surface area contributed by atoms with Crippen LogP contribution in [0.3, 0.4) is 0 Å². The number of hydrogen-bond acceptors (Lipinski definition) is 6. The Morgan fingerprint density at radius 1 is 1.00 bits per heavy atom. The molecule has 1 saturated heterocycles. The summed E-state index contributed by atoms with van der Waals surface area (Å²) in [5.41, 5.74) is 1.33. The molecule has 1 amide bonds. The summed E-state index contributed by atoms with van der Waals surface area (Å²) in [5.74, 6) is -3.13. The lowest BCUT2D eigenvalue weighted by molar-refractivity contribution is -0.222. The van der Waals surface area contributed by atoms with Gasteiger partial charge < -0.3 is 20.1 Å². The van der Waals surface area contributed by atoms with Crippen LogP contribution in [-0.4, -0.2) is 23.6 Å². The van der Waals surface area contributed by atoms with Crippen LogP contribution in [-0.2, 0) is 19.1 Å². The number of anilines is 2. The van der Waals surface area contributed by atoms with Gasteiger partial charge in [0.05, 0.1) is 0 Å². The van der Waals surface area contributed by atoms with Crippen molar-refractivity contribution in [2.45, 2.75) is 19.6 Å². The third kappa shape index (κ3) is 4.69. The highest BCUT2D eigenvalue weighted by molar-refractivity contribution is 6.31. The summed E-state index contributed by atoms with van der Waals surface area (Å²) in [5, 5.41) is 6.08. The Balaban J connectivity index is 1.65. The van der Waals surface area contributed by atoms with E-state index in [1.165, 1.54) is 20.0 Å². The number of esters is 2. The minimum absolute atomic E-state index is 0.248. The molecule has 1 aliphatic heterocycles. The van der Waals surface area contributed by atoms with Gasteiger partial charge >= 0.3 is 11.9 Å². The topological polar surface area (TPSA) is 93.7 Å². The fraction of sp³-hybridized carbons (Fsp3) is 0.150. The summed E-state index contributed by atoms with van der Waals surface area (Å²) in [6.45, 7) is 2.94. The van der Waals surface area contributed by atoms with Gasteiger partial charge in [-0.3, -0.25) is 4.79 Å². The van der Waals surface area contributed by atoms with Crippen molar-refractivity contribution in [3.05, 3.63) is 70.9 Å². The summed E-state index contributed by atoms with van der Waals surface area (Å²) in [6.07, 6.45) is 1.21. The Morgan fingerprint density at radius 2 is 1.64 bits per heavy atom. The van der Waals surface area contributed by atoms with Crippen LogP contribution in [0.15, 0.2) is 60.3 Å². The second-order valence-electron chi connectivity index (χ2n) is 6.42. The third-order valence-electron chi connectivity index (χ3n) is 3.73. The van der Waals surface area contributed by atoms with Crippen LogP contribution >= 0.6 is 11.6 Å². The molecule has 0 aromatic heterocycles. The average molecular weight is 401 g/mol. The first kappa shape index (κ1) is 19.4. The van der Waals surface area contributed by atoms with Crippen LogP contribution in [0.2, 0.25) is 5.02 Å². The van der Waals surface area contributed by atoms with E-state index in [0.717, 1.165) is 0 Å². The fourth-order valence-electron chi connectivity index (χ4n) is 2.42. The van der Waals surface area contributed by atoms with Crippen molar-refractivity contribution in [3.8, 4) is 0 Å². The smallest absolute Gasteiger partial charge is 0.350 e. The normalized spacial score (nSPS) is 15.3. The van der Waals surface area contributed by atoms with Crippen LogP contribution in [0.5, 0.6) is 0 Å². The third-order valence-corrected chi connectivity index (χ3v) is 3.96. The number of hydrogen-bond donors (Lipinski definition) is 2. The lowest BCUT2D eigenvalue weighted by Gasteiger charge is -2.29. The van der Waals surface area contributed by atoms with Crippen molar-refractivity contribution in [3.63, 3.8) is 0 Å². The van der Waals surface area contributed by atoms with Gasteiger partial charge in [0, 0.05) is 42.0 Å². The van der Waals surface area contributed by atoms with Gasteiger partial charge in [0.15, 0.2) is 5.57 Å². The molecule has 1 aliphatic rings. The summed E-state index contributed by atoms with van der Waals surface area (Å²) in [4.78, 5) is 36.1. The number of nitrogens with one attached hydrogen (secondary N) is 2. The van der Waals surface area contributed by atoms with E-state index in [1.54, 1.807) is 48.5 Å². The number of ether oxygens (including phenoxy) is 2. The number of amides is 1. The maximum atomic E-state index is 12.3. The van der Waals surface area contributed by atoms with E-state index in [9.17, 15) is 14.4 Å². The van der Waals surface area contributed by atoms with Crippen molar-refractivity contribution < 1.29 is 23.9 Å². The van der Waals surface area contributed by atoms with Gasteiger partial charge in [-0.2, -0.15) is 0 Å². The monoisotopic (exact) mass is 400 g/mol. The molecule has 1 fully saturated rings. The highest BCUT2D eigenvalue weighted by Gasteiger charge is 2.38. The van der Waals surface area contributed by atoms with Crippen molar-refractivity contribution in [1.82, 2.24) is 0 Å². The van der Waals surface area contributed by atoms with Crippen molar-refractivity contribution in [1.29, 1.82) is 0 Å². The van der Waals surface area contributed by atoms with Gasteiger partial charge in [0.2, 0.25) is 0 Å². The predicted octanol–water partition coefficient (Wildman–Crippen LogP) is 3.72. The van der Waals surface area contributed by atoms with E-state index >= 15 is 0 Å². The first-order chi connectivity index (χ1) is 13.2. The maximum absolute atomic E-state index is 12.3. The van der Waals surface area contributed by atoms with E-state index in [1.807, 2.05) is 0 Å². The van der Waals surface area contributed by atoms with Crippen LogP contribution < -0.4 is 10.6 Å². The van der Waals surface area contributed by atoms with Gasteiger partial charge in [0.1, 0.15) is 0 Å². The molecule has 1 heterocycles. The standard InChI is InChI=1S/C20H17ClN2O5/c1-20(2)27-18(25)16(19(26)28-20)11-22-14-8-6-12(7-9-14)17(24)23-15-5-3-4-13(21)10-15/h3-11,22H,1-2H3,(H,23,24). The Bertz CT molecular complexity index is 945. The zero-order valence-electron chi connectivity index (χ0n) is 15.1. The molecule has 144 valence electrons. The largest absolute Gasteiger partial charge is 0.419 e. The van der Waals surface area contributed by atoms with Crippen LogP contribution in [0.25, 0.3) is 0 Å². The molecule has 28 heavy (non-hydrogen) atoms. The summed E-state index contributed by atoms with van der Waals surface area (Å²) in [6, 6.07) is 13.3. The molecule has 0 unspecified atom stereocenters. The van der Waals surface area contributed by atoms with E-state index in [0.29, 0.717) is 22.0 Å². The lowest BCUT2D eigenvalue weighted by Crippen LogP contribution is -2.42. The average Bonchev–Trinajstić information content (AvgIpc) is 2.60. The quantitative estimate of drug-likeness (QED) is 0.461. The summed E-state index contributed by atoms with van der Waals surface area (Å²) >= 11 is 5.90. The first-order valence-corrected chi connectivity index (χ1v) is 8.72. The molecular weight excluding hydrogens is 384 g/mol. The molecule has 0 spiro atoms. The number of cyclic esters (lactones) is 2. The Labute approximate surface area is 166 Å².